The summed E-state index contributed by atoms with van der Waals surface area (Å²) in [4.78, 5) is 34.6. The van der Waals surface area contributed by atoms with Crippen molar-refractivity contribution < 1.29 is 29.3 Å². The van der Waals surface area contributed by atoms with E-state index in [1.54, 1.807) is 0 Å². The number of rotatable bonds is 13. The first-order valence-corrected chi connectivity index (χ1v) is 9.30. The molecule has 0 rings (SSSR count). The van der Waals surface area contributed by atoms with Crippen LogP contribution in [0, 0.1) is 11.8 Å². The van der Waals surface area contributed by atoms with Crippen LogP contribution in [0.1, 0.15) is 59.3 Å². The Morgan fingerprint density at radius 3 is 2.15 bits per heavy atom. The molecule has 152 valence electrons. The second-order valence-corrected chi connectivity index (χ2v) is 6.65. The number of carbonyl (C=O) groups is 3. The molecule has 0 saturated carbocycles. The van der Waals surface area contributed by atoms with Gasteiger partial charge in [-0.2, -0.15) is 0 Å². The number of hydrogen-bond acceptors (Lipinski definition) is 4. The van der Waals surface area contributed by atoms with Crippen molar-refractivity contribution in [1.82, 2.24) is 0 Å². The van der Waals surface area contributed by atoms with Crippen molar-refractivity contribution in [2.75, 3.05) is 7.11 Å². The van der Waals surface area contributed by atoms with Crippen molar-refractivity contribution in [2.45, 2.75) is 59.3 Å². The molecule has 0 amide bonds. The van der Waals surface area contributed by atoms with E-state index in [1.807, 2.05) is 0 Å². The minimum atomic E-state index is -1.14. The van der Waals surface area contributed by atoms with Crippen LogP contribution in [0.25, 0.3) is 0 Å². The highest BCUT2D eigenvalue weighted by Gasteiger charge is 2.20. The molecular weight excluding hydrogens is 348 g/mol. The summed E-state index contributed by atoms with van der Waals surface area (Å²) in [6.45, 7) is 9.24. The van der Waals surface area contributed by atoms with Crippen LogP contribution in [0.4, 0.5) is 0 Å². The van der Waals surface area contributed by atoms with Crippen LogP contribution in [-0.4, -0.2) is 35.2 Å². The standard InChI is InChI=1S/C21H32O6/c1-6-8-9-16(7-2)10-11-17(20(24)25)13-18(12-14(3)19(22)23)15(4)21(26)27-5/h12-13,16,18H,4,6-11H2,1-3,5H3,(H,22,23)(H,24,25). The molecule has 0 aromatic rings. The maximum Gasteiger partial charge on any atom is 0.334 e. The minimum Gasteiger partial charge on any atom is -0.478 e. The molecule has 27 heavy (non-hydrogen) atoms. The molecule has 0 aliphatic carbocycles. The fraction of sp³-hybridized carbons (Fsp3) is 0.571. The van der Waals surface area contributed by atoms with Crippen LogP contribution in [-0.2, 0) is 19.1 Å². The van der Waals surface area contributed by atoms with Gasteiger partial charge >= 0.3 is 17.9 Å². The van der Waals surface area contributed by atoms with Gasteiger partial charge in [-0.25, -0.2) is 14.4 Å². The SMILES string of the molecule is C=C(C(=O)OC)C(C=C(C)C(=O)O)C=C(CCC(CC)CCCC)C(=O)O. The number of carbonyl (C=O) groups excluding carboxylic acids is 1. The van der Waals surface area contributed by atoms with E-state index in [1.165, 1.54) is 26.2 Å². The summed E-state index contributed by atoms with van der Waals surface area (Å²) in [5, 5.41) is 18.6. The van der Waals surface area contributed by atoms with Gasteiger partial charge in [-0.1, -0.05) is 58.3 Å². The molecule has 0 aliphatic rings. The molecule has 0 aromatic heterocycles. The molecule has 0 spiro atoms. The zero-order chi connectivity index (χ0) is 21.0. The number of hydrogen-bond donors (Lipinski definition) is 2. The molecule has 2 atom stereocenters. The van der Waals surface area contributed by atoms with Crippen LogP contribution in [0.15, 0.2) is 35.5 Å². The second-order valence-electron chi connectivity index (χ2n) is 6.65. The van der Waals surface area contributed by atoms with E-state index in [9.17, 15) is 19.5 Å². The number of methoxy groups -OCH3 is 1. The van der Waals surface area contributed by atoms with Crippen molar-refractivity contribution in [2.24, 2.45) is 11.8 Å². The van der Waals surface area contributed by atoms with Gasteiger partial charge in [0.05, 0.1) is 7.11 Å². The summed E-state index contributed by atoms with van der Waals surface area (Å²) in [6.07, 6.45) is 8.03. The molecule has 6 nitrogen and oxygen atoms in total. The van der Waals surface area contributed by atoms with Crippen LogP contribution in [0.3, 0.4) is 0 Å². The molecule has 6 heteroatoms. The molecule has 0 saturated heterocycles. The first-order chi connectivity index (χ1) is 12.7. The monoisotopic (exact) mass is 380 g/mol. The van der Waals surface area contributed by atoms with Gasteiger partial charge in [0, 0.05) is 22.6 Å². The van der Waals surface area contributed by atoms with Crippen LogP contribution in [0.5, 0.6) is 0 Å². The van der Waals surface area contributed by atoms with Crippen molar-refractivity contribution >= 4 is 17.9 Å². The Hall–Kier alpha value is -2.37. The fourth-order valence-electron chi connectivity index (χ4n) is 2.74. The van der Waals surface area contributed by atoms with Gasteiger partial charge in [0.15, 0.2) is 0 Å². The van der Waals surface area contributed by atoms with Crippen molar-refractivity contribution in [1.29, 1.82) is 0 Å². The van der Waals surface area contributed by atoms with Gasteiger partial charge in [0.25, 0.3) is 0 Å². The Kier molecular flexibility index (Phi) is 11.8. The number of carboxylic acid groups (broad SMARTS) is 2. The van der Waals surface area contributed by atoms with E-state index in [-0.39, 0.29) is 16.7 Å². The summed E-state index contributed by atoms with van der Waals surface area (Å²) in [5.74, 6) is -3.34. The lowest BCUT2D eigenvalue weighted by Crippen LogP contribution is -2.14. The van der Waals surface area contributed by atoms with Gasteiger partial charge < -0.3 is 14.9 Å². The second kappa shape index (κ2) is 12.9. The summed E-state index contributed by atoms with van der Waals surface area (Å²) in [6, 6.07) is 0. The van der Waals surface area contributed by atoms with Crippen molar-refractivity contribution in [3.05, 3.63) is 35.5 Å². The molecule has 0 aromatic carbocycles. The highest BCUT2D eigenvalue weighted by molar-refractivity contribution is 5.92. The summed E-state index contributed by atoms with van der Waals surface area (Å²) in [7, 11) is 1.19. The molecule has 0 bridgehead atoms. The van der Waals surface area contributed by atoms with Crippen LogP contribution >= 0.6 is 0 Å². The molecule has 0 fully saturated rings. The minimum absolute atomic E-state index is 0.000391. The van der Waals surface area contributed by atoms with E-state index < -0.39 is 23.8 Å². The van der Waals surface area contributed by atoms with Gasteiger partial charge in [-0.3, -0.25) is 0 Å². The van der Waals surface area contributed by atoms with Crippen LogP contribution in [0.2, 0.25) is 0 Å². The molecule has 2 unspecified atom stereocenters. The number of aliphatic carboxylic acids is 2. The predicted molar refractivity (Wildman–Crippen MR) is 104 cm³/mol. The third-order valence-corrected chi connectivity index (χ3v) is 4.64. The predicted octanol–water partition coefficient (Wildman–Crippen LogP) is 4.37. The molecule has 0 radical (unpaired) electrons. The third-order valence-electron chi connectivity index (χ3n) is 4.64. The van der Waals surface area contributed by atoms with Gasteiger partial charge in [0.1, 0.15) is 0 Å². The zero-order valence-corrected chi connectivity index (χ0v) is 16.8. The average Bonchev–Trinajstić information content (AvgIpc) is 2.64. The first-order valence-electron chi connectivity index (χ1n) is 9.30. The highest BCUT2D eigenvalue weighted by Crippen LogP contribution is 2.24. The topological polar surface area (TPSA) is 101 Å². The molecule has 0 heterocycles. The lowest BCUT2D eigenvalue weighted by atomic mass is 9.89. The Balaban J connectivity index is 5.61. The number of ether oxygens (including phenoxy) is 1. The van der Waals surface area contributed by atoms with Gasteiger partial charge in [-0.15, -0.1) is 0 Å². The molecule has 2 N–H and O–H groups in total. The Labute approximate surface area is 161 Å². The van der Waals surface area contributed by atoms with E-state index >= 15 is 0 Å². The Bertz CT molecular complexity index is 600. The smallest absolute Gasteiger partial charge is 0.334 e. The van der Waals surface area contributed by atoms with Gasteiger partial charge in [0.2, 0.25) is 0 Å². The van der Waals surface area contributed by atoms with E-state index in [0.29, 0.717) is 12.3 Å². The Morgan fingerprint density at radius 1 is 1.07 bits per heavy atom. The van der Waals surface area contributed by atoms with E-state index in [4.69, 9.17) is 5.11 Å². The lowest BCUT2D eigenvalue weighted by molar-refractivity contribution is -0.137. The van der Waals surface area contributed by atoms with Crippen LogP contribution < -0.4 is 0 Å². The summed E-state index contributed by atoms with van der Waals surface area (Å²) in [5.41, 5.74) is 0.143. The quantitative estimate of drug-likeness (QED) is 0.363. The normalized spacial score (nSPS) is 14.4. The van der Waals surface area contributed by atoms with Crippen molar-refractivity contribution in [3.63, 3.8) is 0 Å². The fourth-order valence-corrected chi connectivity index (χ4v) is 2.74. The molecular formula is C21H32O6. The summed E-state index contributed by atoms with van der Waals surface area (Å²) < 4.78 is 4.65. The molecule has 0 aliphatic heterocycles. The maximum absolute atomic E-state index is 11.8. The third kappa shape index (κ3) is 9.22. The zero-order valence-electron chi connectivity index (χ0n) is 16.8. The average molecular weight is 380 g/mol. The maximum atomic E-state index is 11.8. The lowest BCUT2D eigenvalue weighted by Gasteiger charge is -2.16. The number of carboxylic acids is 2. The highest BCUT2D eigenvalue weighted by atomic mass is 16.5. The van der Waals surface area contributed by atoms with E-state index in [2.05, 4.69) is 25.2 Å². The van der Waals surface area contributed by atoms with E-state index in [0.717, 1.165) is 32.1 Å². The number of allylic oxidation sites excluding steroid dienone is 2. The Morgan fingerprint density at radius 2 is 1.70 bits per heavy atom. The number of unbranched alkanes of at least 4 members (excludes halogenated alkanes) is 1. The summed E-state index contributed by atoms with van der Waals surface area (Å²) >= 11 is 0. The number of esters is 1. The largest absolute Gasteiger partial charge is 0.478 e. The van der Waals surface area contributed by atoms with Gasteiger partial charge in [-0.05, 0) is 25.7 Å². The van der Waals surface area contributed by atoms with Crippen molar-refractivity contribution in [3.8, 4) is 0 Å². The first kappa shape index (κ1) is 24.6.